The number of nitrogens with zero attached hydrogens (tertiary/aromatic N) is 2. The molecule has 0 radical (unpaired) electrons. The molecule has 1 aliphatic rings. The van der Waals surface area contributed by atoms with Gasteiger partial charge in [0.15, 0.2) is 0 Å². The van der Waals surface area contributed by atoms with E-state index < -0.39 is 0 Å². The Morgan fingerprint density at radius 1 is 1.53 bits per heavy atom. The number of piperidine rings is 1. The molecule has 1 atom stereocenters. The van der Waals surface area contributed by atoms with Crippen LogP contribution >= 0.6 is 0 Å². The van der Waals surface area contributed by atoms with Crippen LogP contribution in [0.4, 0.5) is 11.4 Å². The Kier molecular flexibility index (Phi) is 3.58. The Hall–Kier alpha value is -1.62. The van der Waals surface area contributed by atoms with Gasteiger partial charge in [0.25, 0.3) is 5.69 Å². The van der Waals surface area contributed by atoms with Crippen LogP contribution in [0.3, 0.4) is 0 Å². The number of nitrogens with one attached hydrogen (secondary N) is 1. The smallest absolute Gasteiger partial charge is 0.271 e. The predicted molar refractivity (Wildman–Crippen MR) is 67.2 cm³/mol. The third-order valence-corrected chi connectivity index (χ3v) is 3.05. The van der Waals surface area contributed by atoms with E-state index in [-0.39, 0.29) is 10.6 Å². The van der Waals surface area contributed by atoms with Crippen molar-refractivity contribution in [3.8, 4) is 0 Å². The molecule has 17 heavy (non-hydrogen) atoms. The minimum atomic E-state index is -0.363. The normalized spacial score (nSPS) is 21.1. The Morgan fingerprint density at radius 3 is 3.06 bits per heavy atom. The maximum absolute atomic E-state index is 10.7. The standard InChI is InChI=1S/C12H17N3O2/c1-14-7-3-5-11(9-14)13-10-4-2-6-12(8-10)15(16)17/h2,4,6,8,11,13H,3,5,7,9H2,1H3. The molecule has 1 aromatic rings. The molecular formula is C12H17N3O2. The van der Waals surface area contributed by atoms with Gasteiger partial charge in [0.05, 0.1) is 4.92 Å². The molecular weight excluding hydrogens is 218 g/mol. The molecule has 1 aliphatic heterocycles. The van der Waals surface area contributed by atoms with Crippen molar-refractivity contribution in [3.63, 3.8) is 0 Å². The fourth-order valence-corrected chi connectivity index (χ4v) is 2.23. The SMILES string of the molecule is CN1CCCC(Nc2cccc([N+](=O)[O-])c2)C1. The Morgan fingerprint density at radius 2 is 2.35 bits per heavy atom. The van der Waals surface area contributed by atoms with E-state index in [1.807, 2.05) is 6.07 Å². The summed E-state index contributed by atoms with van der Waals surface area (Å²) in [6, 6.07) is 7.08. The van der Waals surface area contributed by atoms with Gasteiger partial charge in [-0.25, -0.2) is 0 Å². The van der Waals surface area contributed by atoms with E-state index in [1.54, 1.807) is 12.1 Å². The Bertz CT molecular complexity index is 408. The van der Waals surface area contributed by atoms with Crippen molar-refractivity contribution in [2.75, 3.05) is 25.5 Å². The van der Waals surface area contributed by atoms with Crippen molar-refractivity contribution in [1.29, 1.82) is 0 Å². The maximum Gasteiger partial charge on any atom is 0.271 e. The van der Waals surface area contributed by atoms with Gasteiger partial charge in [-0.3, -0.25) is 10.1 Å². The number of anilines is 1. The number of likely N-dealkylation sites (tertiary alicyclic amines) is 1. The van der Waals surface area contributed by atoms with Gasteiger partial charge in [-0.05, 0) is 32.5 Å². The zero-order valence-corrected chi connectivity index (χ0v) is 9.93. The first kappa shape index (κ1) is 11.9. The second kappa shape index (κ2) is 5.14. The van der Waals surface area contributed by atoms with E-state index in [9.17, 15) is 10.1 Å². The first-order chi connectivity index (χ1) is 8.15. The molecule has 1 unspecified atom stereocenters. The summed E-state index contributed by atoms with van der Waals surface area (Å²) in [5.74, 6) is 0. The van der Waals surface area contributed by atoms with E-state index in [0.29, 0.717) is 6.04 Å². The fraction of sp³-hybridized carbons (Fsp3) is 0.500. The number of hydrogen-bond acceptors (Lipinski definition) is 4. The highest BCUT2D eigenvalue weighted by Gasteiger charge is 2.17. The highest BCUT2D eigenvalue weighted by atomic mass is 16.6. The third kappa shape index (κ3) is 3.17. The zero-order chi connectivity index (χ0) is 12.3. The fourth-order valence-electron chi connectivity index (χ4n) is 2.23. The molecule has 1 aromatic carbocycles. The van der Waals surface area contributed by atoms with Crippen molar-refractivity contribution in [2.24, 2.45) is 0 Å². The third-order valence-electron chi connectivity index (χ3n) is 3.05. The van der Waals surface area contributed by atoms with Crippen LogP contribution in [0.15, 0.2) is 24.3 Å². The largest absolute Gasteiger partial charge is 0.381 e. The molecule has 0 bridgehead atoms. The molecule has 1 saturated heterocycles. The lowest BCUT2D eigenvalue weighted by molar-refractivity contribution is -0.384. The summed E-state index contributed by atoms with van der Waals surface area (Å²) < 4.78 is 0. The monoisotopic (exact) mass is 235 g/mol. The van der Waals surface area contributed by atoms with E-state index in [1.165, 1.54) is 12.5 Å². The summed E-state index contributed by atoms with van der Waals surface area (Å²) in [5.41, 5.74) is 0.971. The first-order valence-electron chi connectivity index (χ1n) is 5.84. The Balaban J connectivity index is 2.02. The number of rotatable bonds is 3. The summed E-state index contributed by atoms with van der Waals surface area (Å²) in [6.07, 6.45) is 2.29. The van der Waals surface area contributed by atoms with Gasteiger partial charge in [0.1, 0.15) is 0 Å². The number of nitro benzene ring substituents is 1. The minimum Gasteiger partial charge on any atom is -0.381 e. The van der Waals surface area contributed by atoms with E-state index in [0.717, 1.165) is 25.2 Å². The van der Waals surface area contributed by atoms with Crippen molar-refractivity contribution in [3.05, 3.63) is 34.4 Å². The van der Waals surface area contributed by atoms with Crippen LogP contribution in [-0.2, 0) is 0 Å². The number of hydrogen-bond donors (Lipinski definition) is 1. The maximum atomic E-state index is 10.7. The minimum absolute atomic E-state index is 0.138. The van der Waals surface area contributed by atoms with Crippen LogP contribution in [0.5, 0.6) is 0 Å². The molecule has 0 amide bonds. The first-order valence-corrected chi connectivity index (χ1v) is 5.84. The van der Waals surface area contributed by atoms with E-state index >= 15 is 0 Å². The van der Waals surface area contributed by atoms with Crippen molar-refractivity contribution in [2.45, 2.75) is 18.9 Å². The van der Waals surface area contributed by atoms with E-state index in [2.05, 4.69) is 17.3 Å². The summed E-state index contributed by atoms with van der Waals surface area (Å²) >= 11 is 0. The van der Waals surface area contributed by atoms with Gasteiger partial charge in [-0.1, -0.05) is 6.07 Å². The zero-order valence-electron chi connectivity index (χ0n) is 9.93. The van der Waals surface area contributed by atoms with Crippen LogP contribution in [-0.4, -0.2) is 36.0 Å². The lowest BCUT2D eigenvalue weighted by atomic mass is 10.1. The van der Waals surface area contributed by atoms with Crippen LogP contribution in [0.1, 0.15) is 12.8 Å². The van der Waals surface area contributed by atoms with Gasteiger partial charge in [-0.2, -0.15) is 0 Å². The van der Waals surface area contributed by atoms with Gasteiger partial charge in [0.2, 0.25) is 0 Å². The lowest BCUT2D eigenvalue weighted by Crippen LogP contribution is -2.39. The second-order valence-electron chi connectivity index (χ2n) is 4.55. The predicted octanol–water partition coefficient (Wildman–Crippen LogP) is 2.10. The molecule has 0 spiro atoms. The molecule has 1 fully saturated rings. The van der Waals surface area contributed by atoms with Crippen molar-refractivity contribution >= 4 is 11.4 Å². The van der Waals surface area contributed by atoms with Crippen molar-refractivity contribution in [1.82, 2.24) is 4.90 Å². The average molecular weight is 235 g/mol. The second-order valence-corrected chi connectivity index (χ2v) is 4.55. The molecule has 0 aromatic heterocycles. The number of non-ortho nitro benzene ring substituents is 1. The molecule has 1 N–H and O–H groups in total. The summed E-state index contributed by atoms with van der Waals surface area (Å²) in [5, 5.41) is 14.0. The molecule has 0 saturated carbocycles. The summed E-state index contributed by atoms with van der Waals surface area (Å²) in [7, 11) is 2.10. The molecule has 5 heteroatoms. The van der Waals surface area contributed by atoms with E-state index in [4.69, 9.17) is 0 Å². The molecule has 0 aliphatic carbocycles. The van der Waals surface area contributed by atoms with Gasteiger partial charge < -0.3 is 10.2 Å². The Labute approximate surface area is 101 Å². The van der Waals surface area contributed by atoms with Crippen LogP contribution < -0.4 is 5.32 Å². The summed E-state index contributed by atoms with van der Waals surface area (Å²) in [4.78, 5) is 12.6. The number of likely N-dealkylation sites (N-methyl/N-ethyl adjacent to an activating group) is 1. The van der Waals surface area contributed by atoms with Gasteiger partial charge >= 0.3 is 0 Å². The quantitative estimate of drug-likeness (QED) is 0.644. The number of nitro groups is 1. The van der Waals surface area contributed by atoms with Gasteiger partial charge in [0, 0.05) is 30.4 Å². The van der Waals surface area contributed by atoms with Crippen LogP contribution in [0.25, 0.3) is 0 Å². The highest BCUT2D eigenvalue weighted by Crippen LogP contribution is 2.20. The number of benzene rings is 1. The molecule has 1 heterocycles. The summed E-state index contributed by atoms with van der Waals surface area (Å²) in [6.45, 7) is 2.12. The topological polar surface area (TPSA) is 58.4 Å². The van der Waals surface area contributed by atoms with Crippen LogP contribution in [0, 0.1) is 10.1 Å². The average Bonchev–Trinajstić information content (AvgIpc) is 2.29. The lowest BCUT2D eigenvalue weighted by Gasteiger charge is -2.30. The highest BCUT2D eigenvalue weighted by molar-refractivity contribution is 5.51. The molecule has 92 valence electrons. The van der Waals surface area contributed by atoms with Crippen LogP contribution in [0.2, 0.25) is 0 Å². The molecule has 2 rings (SSSR count). The van der Waals surface area contributed by atoms with Crippen molar-refractivity contribution < 1.29 is 4.92 Å². The van der Waals surface area contributed by atoms with Gasteiger partial charge in [-0.15, -0.1) is 0 Å². The molecule has 5 nitrogen and oxygen atoms in total.